The van der Waals surface area contributed by atoms with Gasteiger partial charge in [-0.05, 0) is 50.4 Å². The second-order valence-electron chi connectivity index (χ2n) is 8.69. The van der Waals surface area contributed by atoms with Gasteiger partial charge in [0.05, 0.1) is 0 Å². The molecule has 0 aromatic carbocycles. The molecule has 0 aromatic rings. The molecule has 0 fully saturated rings. The molecule has 0 bridgehead atoms. The van der Waals surface area contributed by atoms with Crippen LogP contribution in [0, 0.1) is 23.7 Å². The SMILES string of the molecule is CC(C)[CH2][SnH2+4][CH2]C(C)C.CC(CCCC(=O)[O-])C(=O)[O-].CC(CCCC(=O)[O-])C(=O)[O-]. The van der Waals surface area contributed by atoms with Gasteiger partial charge in [0.15, 0.2) is 0 Å². The maximum absolute atomic E-state index is 10.1. The van der Waals surface area contributed by atoms with E-state index in [2.05, 4.69) is 27.7 Å². The summed E-state index contributed by atoms with van der Waals surface area (Å²) in [6.07, 6.45) is 1.15. The molecule has 0 saturated carbocycles. The quantitative estimate of drug-likeness (QED) is 0.246. The summed E-state index contributed by atoms with van der Waals surface area (Å²) in [5, 5.41) is 40.0. The predicted molar refractivity (Wildman–Crippen MR) is 114 cm³/mol. The molecule has 31 heavy (non-hydrogen) atoms. The Kier molecular flexibility index (Phi) is 24.2. The Morgan fingerprint density at radius 3 is 1.10 bits per heavy atom. The summed E-state index contributed by atoms with van der Waals surface area (Å²) in [5.74, 6) is -3.74. The Morgan fingerprint density at radius 1 is 0.613 bits per heavy atom. The topological polar surface area (TPSA) is 161 Å². The van der Waals surface area contributed by atoms with E-state index in [1.807, 2.05) is 0 Å². The first kappa shape index (κ1) is 34.3. The minimum absolute atomic E-state index is 0.0857. The van der Waals surface area contributed by atoms with E-state index in [-0.39, 0.29) is 34.0 Å². The van der Waals surface area contributed by atoms with Crippen molar-refractivity contribution in [3.05, 3.63) is 0 Å². The van der Waals surface area contributed by atoms with Gasteiger partial charge in [-0.1, -0.05) is 13.8 Å². The number of hydrogen-bond acceptors (Lipinski definition) is 8. The Hall–Kier alpha value is -1.32. The van der Waals surface area contributed by atoms with E-state index in [4.69, 9.17) is 0 Å². The molecule has 0 rings (SSSR count). The van der Waals surface area contributed by atoms with Gasteiger partial charge in [0.25, 0.3) is 0 Å². The molecule has 8 nitrogen and oxygen atoms in total. The van der Waals surface area contributed by atoms with E-state index in [0.29, 0.717) is 25.7 Å². The van der Waals surface area contributed by atoms with Crippen LogP contribution in [0.1, 0.15) is 80.1 Å². The summed E-state index contributed by atoms with van der Waals surface area (Å²) in [6.45, 7) is 12.4. The van der Waals surface area contributed by atoms with Crippen molar-refractivity contribution in [2.45, 2.75) is 88.9 Å². The monoisotopic (exact) mass is 552 g/mol. The molecule has 0 aliphatic heterocycles. The maximum atomic E-state index is 10.1. The normalized spacial score (nSPS) is 12.1. The Morgan fingerprint density at radius 2 is 0.903 bits per heavy atom. The van der Waals surface area contributed by atoms with Gasteiger partial charge in [0.1, 0.15) is 0 Å². The Balaban J connectivity index is -0.000000382. The van der Waals surface area contributed by atoms with Crippen molar-refractivity contribution in [1.29, 1.82) is 0 Å². The first-order valence-corrected chi connectivity index (χ1v) is 16.7. The van der Waals surface area contributed by atoms with Crippen LogP contribution >= 0.6 is 0 Å². The van der Waals surface area contributed by atoms with E-state index >= 15 is 0 Å². The van der Waals surface area contributed by atoms with Crippen LogP contribution in [0.25, 0.3) is 0 Å². The van der Waals surface area contributed by atoms with Gasteiger partial charge < -0.3 is 39.6 Å². The molecule has 0 N–H and O–H groups in total. The molecule has 0 amide bonds. The number of carboxylic acid groups (broad SMARTS) is 4. The average Bonchev–Trinajstić information content (AvgIpc) is 2.61. The van der Waals surface area contributed by atoms with Crippen LogP contribution < -0.4 is 20.4 Å². The van der Waals surface area contributed by atoms with Crippen molar-refractivity contribution in [3.8, 4) is 0 Å². The van der Waals surface area contributed by atoms with Gasteiger partial charge in [0, 0.05) is 23.9 Å². The van der Waals surface area contributed by atoms with Crippen molar-refractivity contribution in [2.75, 3.05) is 0 Å². The van der Waals surface area contributed by atoms with Crippen molar-refractivity contribution < 1.29 is 39.6 Å². The molecule has 0 aromatic heterocycles. The van der Waals surface area contributed by atoms with E-state index in [9.17, 15) is 39.6 Å². The number of aliphatic carboxylic acids is 4. The van der Waals surface area contributed by atoms with Gasteiger partial charge in [-0.15, -0.1) is 0 Å². The number of carboxylic acids is 4. The molecular weight excluding hydrogens is 511 g/mol. The summed E-state index contributed by atoms with van der Waals surface area (Å²) in [4.78, 5) is 40.0. The minimum atomic E-state index is -1.14. The largest absolute Gasteiger partial charge is 0.550 e. The van der Waals surface area contributed by atoms with Gasteiger partial charge in [0.2, 0.25) is 0 Å². The molecule has 2 unspecified atom stereocenters. The number of carbonyl (C=O) groups is 4. The molecule has 0 heterocycles. The first-order valence-electron chi connectivity index (χ1n) is 11.0. The smallest absolute Gasteiger partial charge is 0.0442 e. The zero-order valence-corrected chi connectivity index (χ0v) is 24.0. The summed E-state index contributed by atoms with van der Waals surface area (Å²) in [7, 11) is 0. The molecule has 0 aliphatic carbocycles. The van der Waals surface area contributed by atoms with Crippen LogP contribution in [0.5, 0.6) is 0 Å². The molecule has 0 spiro atoms. The maximum Gasteiger partial charge on any atom is 0.0442 e. The Bertz CT molecular complexity index is 462. The van der Waals surface area contributed by atoms with Gasteiger partial charge in [-0.2, -0.15) is 0 Å². The molecular formula is C22H40O8Sn. The Labute approximate surface area is 197 Å². The second-order valence-corrected chi connectivity index (χ2v) is 14.0. The van der Waals surface area contributed by atoms with E-state index in [1.165, 1.54) is 13.8 Å². The van der Waals surface area contributed by atoms with E-state index in [0.717, 1.165) is 11.8 Å². The molecule has 0 saturated heterocycles. The fourth-order valence-electron chi connectivity index (χ4n) is 2.28. The van der Waals surface area contributed by atoms with Gasteiger partial charge in [-0.3, -0.25) is 0 Å². The summed E-state index contributed by atoms with van der Waals surface area (Å²) < 4.78 is 3.22. The van der Waals surface area contributed by atoms with Crippen molar-refractivity contribution in [1.82, 2.24) is 0 Å². The first-order chi connectivity index (χ1) is 14.2. The molecule has 4 radical (unpaired) electrons. The number of carbonyl (C=O) groups excluding carboxylic acids is 4. The predicted octanol–water partition coefficient (Wildman–Crippen LogP) is -1.11. The standard InChI is InChI=1S/2C7H12O4.2C4H9.Sn.2H/c2*1-5(7(10)11)3-2-4-6(8)9;2*1-4(2)3;;;/h2*5H,2-4H2,1H3,(H,8,9)(H,10,11);2*4H,1H2,2-3H3;;;/q;;;;+4;;/p-4. The fraction of sp³-hybridized carbons (Fsp3) is 0.818. The van der Waals surface area contributed by atoms with Crippen LogP contribution in [0.2, 0.25) is 8.87 Å². The summed E-state index contributed by atoms with van der Waals surface area (Å²) in [5.41, 5.74) is 0. The van der Waals surface area contributed by atoms with Crippen LogP contribution in [0.3, 0.4) is 0 Å². The van der Waals surface area contributed by atoms with Gasteiger partial charge >= 0.3 is 69.5 Å². The van der Waals surface area contributed by atoms with E-state index in [1.54, 1.807) is 8.87 Å². The van der Waals surface area contributed by atoms with Crippen molar-refractivity contribution >= 4 is 45.0 Å². The zero-order chi connectivity index (χ0) is 25.0. The third-order valence-electron chi connectivity index (χ3n) is 4.40. The van der Waals surface area contributed by atoms with Crippen LogP contribution in [0.4, 0.5) is 0 Å². The van der Waals surface area contributed by atoms with Crippen molar-refractivity contribution in [3.63, 3.8) is 0 Å². The third-order valence-corrected chi connectivity index (χ3v) is 13.3. The molecule has 2 atom stereocenters. The van der Waals surface area contributed by atoms with Crippen LogP contribution in [-0.4, -0.2) is 45.0 Å². The molecule has 180 valence electrons. The van der Waals surface area contributed by atoms with Crippen LogP contribution in [0.15, 0.2) is 0 Å². The number of rotatable bonds is 14. The van der Waals surface area contributed by atoms with Crippen LogP contribution in [-0.2, 0) is 19.2 Å². The molecule has 9 heteroatoms. The average molecular weight is 551 g/mol. The van der Waals surface area contributed by atoms with Crippen molar-refractivity contribution in [2.24, 2.45) is 23.7 Å². The third kappa shape index (κ3) is 33.5. The fourth-order valence-corrected chi connectivity index (χ4v) is 7.61. The molecule has 0 aliphatic rings. The number of hydrogen-bond donors (Lipinski definition) is 0. The second kappa shape index (κ2) is 21.9. The van der Waals surface area contributed by atoms with Gasteiger partial charge in [-0.25, -0.2) is 0 Å². The summed E-state index contributed by atoms with van der Waals surface area (Å²) >= 11 is -0.245. The summed E-state index contributed by atoms with van der Waals surface area (Å²) in [6, 6.07) is 0. The minimum Gasteiger partial charge on any atom is -0.550 e. The zero-order valence-electron chi connectivity index (χ0n) is 19.9. The van der Waals surface area contributed by atoms with E-state index < -0.39 is 35.7 Å².